The second-order valence-corrected chi connectivity index (χ2v) is 8.07. The number of rotatable bonds is 8. The Morgan fingerprint density at radius 2 is 1.75 bits per heavy atom. The number of carbonyl (C=O) groups excluding carboxylic acids is 1. The van der Waals surface area contributed by atoms with E-state index in [4.69, 9.17) is 4.42 Å². The predicted molar refractivity (Wildman–Crippen MR) is 110 cm³/mol. The lowest BCUT2D eigenvalue weighted by Crippen LogP contribution is -2.45. The molecule has 152 valence electrons. The number of oxazole rings is 1. The van der Waals surface area contributed by atoms with Crippen molar-refractivity contribution < 1.29 is 9.21 Å². The molecule has 28 heavy (non-hydrogen) atoms. The molecule has 1 saturated heterocycles. The Hall–Kier alpha value is -2.18. The van der Waals surface area contributed by atoms with Crippen LogP contribution in [0.2, 0.25) is 0 Å². The van der Waals surface area contributed by atoms with Crippen molar-refractivity contribution >= 4 is 5.91 Å². The second kappa shape index (κ2) is 9.85. The van der Waals surface area contributed by atoms with Crippen LogP contribution in [0, 0.1) is 5.92 Å². The van der Waals surface area contributed by atoms with Crippen LogP contribution < -0.4 is 0 Å². The highest BCUT2D eigenvalue weighted by Crippen LogP contribution is 2.13. The molecule has 0 saturated carbocycles. The van der Waals surface area contributed by atoms with Gasteiger partial charge in [0.05, 0.1) is 6.54 Å². The van der Waals surface area contributed by atoms with Crippen molar-refractivity contribution in [1.29, 1.82) is 0 Å². The summed E-state index contributed by atoms with van der Waals surface area (Å²) < 4.78 is 5.57. The van der Waals surface area contributed by atoms with Gasteiger partial charge in [-0.25, -0.2) is 4.98 Å². The smallest absolute Gasteiger partial charge is 0.275 e. The quantitative estimate of drug-likeness (QED) is 0.700. The Labute approximate surface area is 168 Å². The van der Waals surface area contributed by atoms with Crippen molar-refractivity contribution in [2.24, 2.45) is 5.92 Å². The fourth-order valence-electron chi connectivity index (χ4n) is 3.37. The maximum Gasteiger partial charge on any atom is 0.275 e. The van der Waals surface area contributed by atoms with Gasteiger partial charge in [0, 0.05) is 46.3 Å². The largest absolute Gasteiger partial charge is 0.447 e. The van der Waals surface area contributed by atoms with Gasteiger partial charge >= 0.3 is 0 Å². The van der Waals surface area contributed by atoms with E-state index >= 15 is 0 Å². The average molecular weight is 385 g/mol. The Bertz CT molecular complexity index is 736. The first-order chi connectivity index (χ1) is 13.5. The summed E-state index contributed by atoms with van der Waals surface area (Å²) in [5, 5.41) is 0. The van der Waals surface area contributed by atoms with Crippen LogP contribution in [0.4, 0.5) is 0 Å². The molecular formula is C22H32N4O2. The van der Waals surface area contributed by atoms with E-state index in [1.807, 2.05) is 7.05 Å². The molecule has 0 radical (unpaired) electrons. The molecule has 0 bridgehead atoms. The zero-order chi connectivity index (χ0) is 19.9. The van der Waals surface area contributed by atoms with E-state index in [0.29, 0.717) is 24.0 Å². The number of hydrogen-bond acceptors (Lipinski definition) is 5. The molecule has 0 atom stereocenters. The molecule has 2 heterocycles. The monoisotopic (exact) mass is 384 g/mol. The molecule has 1 aliphatic rings. The third-order valence-corrected chi connectivity index (χ3v) is 5.23. The third kappa shape index (κ3) is 5.91. The summed E-state index contributed by atoms with van der Waals surface area (Å²) in [4.78, 5) is 23.4. The first-order valence-electron chi connectivity index (χ1n) is 10.2. The van der Waals surface area contributed by atoms with Gasteiger partial charge in [-0.3, -0.25) is 14.6 Å². The highest BCUT2D eigenvalue weighted by atomic mass is 16.3. The minimum Gasteiger partial charge on any atom is -0.447 e. The van der Waals surface area contributed by atoms with Gasteiger partial charge < -0.3 is 9.32 Å². The van der Waals surface area contributed by atoms with E-state index in [-0.39, 0.29) is 5.91 Å². The van der Waals surface area contributed by atoms with Crippen molar-refractivity contribution in [3.63, 3.8) is 0 Å². The van der Waals surface area contributed by atoms with Crippen molar-refractivity contribution in [3.05, 3.63) is 53.7 Å². The fourth-order valence-corrected chi connectivity index (χ4v) is 3.37. The standard InChI is InChI=1S/C22H32N4O2/c1-18(2)9-10-24(3)22(27)20-17-28-21(23-20)16-26-13-11-25(12-14-26)15-19-7-5-4-6-8-19/h4-8,17-18H,9-16H2,1-3H3. The minimum absolute atomic E-state index is 0.0664. The lowest BCUT2D eigenvalue weighted by molar-refractivity contribution is 0.0783. The fraction of sp³-hybridized carbons (Fsp3) is 0.545. The molecule has 0 aliphatic carbocycles. The predicted octanol–water partition coefficient (Wildman–Crippen LogP) is 3.11. The van der Waals surface area contributed by atoms with Crippen LogP contribution in [-0.4, -0.2) is 65.4 Å². The molecule has 0 N–H and O–H groups in total. The topological polar surface area (TPSA) is 52.8 Å². The number of amides is 1. The maximum absolute atomic E-state index is 12.5. The Morgan fingerprint density at radius 3 is 2.39 bits per heavy atom. The summed E-state index contributed by atoms with van der Waals surface area (Å²) in [6.07, 6.45) is 2.48. The van der Waals surface area contributed by atoms with Crippen LogP contribution in [0.1, 0.15) is 42.2 Å². The first kappa shape index (κ1) is 20.6. The number of hydrogen-bond donors (Lipinski definition) is 0. The number of piperazine rings is 1. The molecule has 6 nitrogen and oxygen atoms in total. The molecule has 3 rings (SSSR count). The first-order valence-corrected chi connectivity index (χ1v) is 10.2. The molecule has 1 aromatic carbocycles. The Kier molecular flexibility index (Phi) is 7.23. The van der Waals surface area contributed by atoms with Crippen LogP contribution in [0.25, 0.3) is 0 Å². The Morgan fingerprint density at radius 1 is 1.11 bits per heavy atom. The van der Waals surface area contributed by atoms with E-state index in [0.717, 1.165) is 45.7 Å². The molecular weight excluding hydrogens is 352 g/mol. The van der Waals surface area contributed by atoms with Gasteiger partial charge in [0.15, 0.2) is 5.69 Å². The lowest BCUT2D eigenvalue weighted by atomic mass is 10.1. The van der Waals surface area contributed by atoms with Gasteiger partial charge in [-0.15, -0.1) is 0 Å². The van der Waals surface area contributed by atoms with Gasteiger partial charge in [-0.1, -0.05) is 44.2 Å². The molecule has 1 aromatic heterocycles. The summed E-state index contributed by atoms with van der Waals surface area (Å²) in [6, 6.07) is 10.6. The van der Waals surface area contributed by atoms with Crippen molar-refractivity contribution in [1.82, 2.24) is 19.7 Å². The third-order valence-electron chi connectivity index (χ3n) is 5.23. The highest BCUT2D eigenvalue weighted by Gasteiger charge is 2.21. The zero-order valence-electron chi connectivity index (χ0n) is 17.3. The number of aromatic nitrogens is 1. The Balaban J connectivity index is 1.45. The molecule has 6 heteroatoms. The summed E-state index contributed by atoms with van der Waals surface area (Å²) in [6.45, 7) is 10.7. The normalized spacial score (nSPS) is 15.9. The van der Waals surface area contributed by atoms with Crippen LogP contribution in [-0.2, 0) is 13.1 Å². The summed E-state index contributed by atoms with van der Waals surface area (Å²) >= 11 is 0. The second-order valence-electron chi connectivity index (χ2n) is 8.07. The van der Waals surface area contributed by atoms with Crippen LogP contribution in [0.5, 0.6) is 0 Å². The number of benzene rings is 1. The van der Waals surface area contributed by atoms with Gasteiger partial charge in [-0.2, -0.15) is 0 Å². The number of carbonyl (C=O) groups is 1. The molecule has 1 aliphatic heterocycles. The van der Waals surface area contributed by atoms with Crippen LogP contribution in [0.3, 0.4) is 0 Å². The number of nitrogens with zero attached hydrogens (tertiary/aromatic N) is 4. The zero-order valence-corrected chi connectivity index (χ0v) is 17.3. The minimum atomic E-state index is -0.0664. The van der Waals surface area contributed by atoms with E-state index in [2.05, 4.69) is 59.0 Å². The summed E-state index contributed by atoms with van der Waals surface area (Å²) in [7, 11) is 1.82. The van der Waals surface area contributed by atoms with E-state index in [9.17, 15) is 4.79 Å². The summed E-state index contributed by atoms with van der Waals surface area (Å²) in [5.74, 6) is 1.13. The van der Waals surface area contributed by atoms with Crippen molar-refractivity contribution in [3.8, 4) is 0 Å². The average Bonchev–Trinajstić information content (AvgIpc) is 3.16. The molecule has 2 aromatic rings. The summed E-state index contributed by atoms with van der Waals surface area (Å²) in [5.41, 5.74) is 1.76. The highest BCUT2D eigenvalue weighted by molar-refractivity contribution is 5.91. The molecule has 0 unspecified atom stereocenters. The van der Waals surface area contributed by atoms with Crippen LogP contribution in [0.15, 0.2) is 41.0 Å². The van der Waals surface area contributed by atoms with E-state index in [1.54, 1.807) is 4.90 Å². The van der Waals surface area contributed by atoms with Gasteiger partial charge in [-0.05, 0) is 17.9 Å². The molecule has 1 fully saturated rings. The molecule has 1 amide bonds. The van der Waals surface area contributed by atoms with Gasteiger partial charge in [0.1, 0.15) is 6.26 Å². The van der Waals surface area contributed by atoms with Crippen molar-refractivity contribution in [2.45, 2.75) is 33.4 Å². The molecule has 0 spiro atoms. The van der Waals surface area contributed by atoms with E-state index < -0.39 is 0 Å². The SMILES string of the molecule is CC(C)CCN(C)C(=O)c1coc(CN2CCN(Cc3ccccc3)CC2)n1. The lowest BCUT2D eigenvalue weighted by Gasteiger charge is -2.34. The van der Waals surface area contributed by atoms with Gasteiger partial charge in [0.25, 0.3) is 5.91 Å². The van der Waals surface area contributed by atoms with Crippen LogP contribution >= 0.6 is 0 Å². The van der Waals surface area contributed by atoms with Crippen molar-refractivity contribution in [2.75, 3.05) is 39.8 Å². The maximum atomic E-state index is 12.5. The van der Waals surface area contributed by atoms with Gasteiger partial charge in [0.2, 0.25) is 5.89 Å². The van der Waals surface area contributed by atoms with E-state index in [1.165, 1.54) is 11.8 Å².